The molecular formula is C45H34N4O. The quantitative estimate of drug-likeness (QED) is 0.139. The predicted molar refractivity (Wildman–Crippen MR) is 200 cm³/mol. The van der Waals surface area contributed by atoms with Crippen LogP contribution in [0.5, 0.6) is 0 Å². The van der Waals surface area contributed by atoms with Gasteiger partial charge in [0.05, 0.1) is 22.8 Å². The van der Waals surface area contributed by atoms with Crippen LogP contribution in [-0.2, 0) is 12.8 Å². The van der Waals surface area contributed by atoms with Crippen LogP contribution >= 0.6 is 0 Å². The van der Waals surface area contributed by atoms with Crippen molar-refractivity contribution in [2.24, 2.45) is 0 Å². The second-order valence-electron chi connectivity index (χ2n) is 12.2. The number of carbonyl (C=O) groups excluding carboxylic acids is 1. The number of aromatic nitrogens is 4. The molecule has 2 aromatic heterocycles. The SMILES string of the molecule is O=C(c1c(Cc2ccccc2)c(-c2ccccc2)nn1-c1ccccc1)c1c(Cc2ccccc2)c(-c2ccccc2)nn1-c1ccccc1. The second kappa shape index (κ2) is 13.9. The summed E-state index contributed by atoms with van der Waals surface area (Å²) in [6.07, 6.45) is 1.05. The zero-order chi connectivity index (χ0) is 33.7. The number of benzene rings is 6. The van der Waals surface area contributed by atoms with Gasteiger partial charge in [-0.25, -0.2) is 9.36 Å². The first kappa shape index (κ1) is 30.7. The Morgan fingerprint density at radius 1 is 0.400 bits per heavy atom. The summed E-state index contributed by atoms with van der Waals surface area (Å²) in [6, 6.07) is 60.7. The molecule has 5 nitrogen and oxygen atoms in total. The van der Waals surface area contributed by atoms with Crippen molar-refractivity contribution in [2.75, 3.05) is 0 Å². The summed E-state index contributed by atoms with van der Waals surface area (Å²) in [7, 11) is 0. The Kier molecular flexibility index (Phi) is 8.52. The fraction of sp³-hybridized carbons (Fsp3) is 0.0444. The molecule has 0 bridgehead atoms. The topological polar surface area (TPSA) is 52.7 Å². The minimum atomic E-state index is -0.140. The van der Waals surface area contributed by atoms with Crippen molar-refractivity contribution in [1.29, 1.82) is 0 Å². The van der Waals surface area contributed by atoms with Gasteiger partial charge in [-0.05, 0) is 35.4 Å². The van der Waals surface area contributed by atoms with E-state index in [1.165, 1.54) is 0 Å². The van der Waals surface area contributed by atoms with Crippen LogP contribution in [0.25, 0.3) is 33.9 Å². The summed E-state index contributed by atoms with van der Waals surface area (Å²) < 4.78 is 3.67. The van der Waals surface area contributed by atoms with Gasteiger partial charge in [0.15, 0.2) is 0 Å². The average molecular weight is 647 g/mol. The maximum atomic E-state index is 15.8. The summed E-state index contributed by atoms with van der Waals surface area (Å²) >= 11 is 0. The van der Waals surface area contributed by atoms with Crippen LogP contribution in [0, 0.1) is 0 Å². The summed E-state index contributed by atoms with van der Waals surface area (Å²) in [5.41, 5.74) is 10.0. The highest BCUT2D eigenvalue weighted by molar-refractivity contribution is 6.11. The number of nitrogens with zero attached hydrogens (tertiary/aromatic N) is 4. The fourth-order valence-corrected chi connectivity index (χ4v) is 6.58. The van der Waals surface area contributed by atoms with Crippen molar-refractivity contribution in [3.05, 3.63) is 216 Å². The maximum absolute atomic E-state index is 15.8. The summed E-state index contributed by atoms with van der Waals surface area (Å²) in [5, 5.41) is 10.5. The van der Waals surface area contributed by atoms with Gasteiger partial charge in [-0.1, -0.05) is 158 Å². The molecule has 0 unspecified atom stereocenters. The number of rotatable bonds is 10. The Morgan fingerprint density at radius 2 is 0.700 bits per heavy atom. The van der Waals surface area contributed by atoms with Gasteiger partial charge >= 0.3 is 0 Å². The molecule has 240 valence electrons. The zero-order valence-corrected chi connectivity index (χ0v) is 27.4. The first-order valence-corrected chi connectivity index (χ1v) is 16.8. The molecule has 2 heterocycles. The van der Waals surface area contributed by atoms with Crippen LogP contribution < -0.4 is 0 Å². The van der Waals surface area contributed by atoms with E-state index in [1.54, 1.807) is 0 Å². The minimum Gasteiger partial charge on any atom is -0.285 e. The van der Waals surface area contributed by atoms with Gasteiger partial charge in [-0.2, -0.15) is 10.2 Å². The van der Waals surface area contributed by atoms with Crippen molar-refractivity contribution in [3.63, 3.8) is 0 Å². The van der Waals surface area contributed by atoms with Crippen molar-refractivity contribution in [3.8, 4) is 33.9 Å². The van der Waals surface area contributed by atoms with E-state index in [9.17, 15) is 0 Å². The van der Waals surface area contributed by atoms with E-state index in [-0.39, 0.29) is 5.78 Å². The molecule has 0 N–H and O–H groups in total. The lowest BCUT2D eigenvalue weighted by atomic mass is 9.93. The zero-order valence-electron chi connectivity index (χ0n) is 27.4. The highest BCUT2D eigenvalue weighted by Gasteiger charge is 2.33. The molecule has 0 saturated carbocycles. The summed E-state index contributed by atoms with van der Waals surface area (Å²) in [6.45, 7) is 0. The molecule has 0 radical (unpaired) electrons. The Bertz CT molecular complexity index is 2180. The van der Waals surface area contributed by atoms with Crippen LogP contribution in [0.15, 0.2) is 182 Å². The van der Waals surface area contributed by atoms with Gasteiger partial charge in [0.2, 0.25) is 5.78 Å². The molecule has 8 rings (SSSR count). The molecule has 50 heavy (non-hydrogen) atoms. The molecule has 0 aliphatic heterocycles. The average Bonchev–Trinajstić information content (AvgIpc) is 3.76. The molecular weight excluding hydrogens is 613 g/mol. The van der Waals surface area contributed by atoms with Gasteiger partial charge in [0.1, 0.15) is 11.4 Å². The first-order chi connectivity index (χ1) is 24.7. The number of para-hydroxylation sites is 2. The van der Waals surface area contributed by atoms with E-state index in [1.807, 2.05) is 143 Å². The smallest absolute Gasteiger partial charge is 0.230 e. The third-order valence-electron chi connectivity index (χ3n) is 8.94. The van der Waals surface area contributed by atoms with E-state index in [4.69, 9.17) is 10.2 Å². The molecule has 0 atom stereocenters. The lowest BCUT2D eigenvalue weighted by Gasteiger charge is -2.13. The normalized spacial score (nSPS) is 11.0. The Labute approximate surface area is 291 Å². The molecule has 0 spiro atoms. The highest BCUT2D eigenvalue weighted by Crippen LogP contribution is 2.36. The standard InChI is InChI=1S/C45H34N4O/c50-45(43-39(31-33-19-7-1-8-20-33)41(35-23-11-3-12-24-35)46-48(43)37-27-15-5-16-28-37)44-40(32-34-21-9-2-10-22-34)42(36-25-13-4-14-26-36)47-49(44)38-29-17-6-18-30-38/h1-30H,31-32H2. The van der Waals surface area contributed by atoms with Crippen molar-refractivity contribution in [2.45, 2.75) is 12.8 Å². The third kappa shape index (κ3) is 6.09. The summed E-state index contributed by atoms with van der Waals surface area (Å²) in [5.74, 6) is -0.140. The van der Waals surface area contributed by atoms with E-state index in [0.29, 0.717) is 24.2 Å². The van der Waals surface area contributed by atoms with E-state index in [2.05, 4.69) is 48.5 Å². The Balaban J connectivity index is 1.44. The lowest BCUT2D eigenvalue weighted by Crippen LogP contribution is -2.18. The largest absolute Gasteiger partial charge is 0.285 e. The van der Waals surface area contributed by atoms with Crippen molar-refractivity contribution < 1.29 is 4.79 Å². The maximum Gasteiger partial charge on any atom is 0.230 e. The third-order valence-corrected chi connectivity index (χ3v) is 8.94. The Hall–Kier alpha value is -6.59. The number of hydrogen-bond donors (Lipinski definition) is 0. The second-order valence-corrected chi connectivity index (χ2v) is 12.2. The number of hydrogen-bond acceptors (Lipinski definition) is 3. The van der Waals surface area contributed by atoms with E-state index < -0.39 is 0 Å². The molecule has 0 aliphatic rings. The monoisotopic (exact) mass is 646 g/mol. The van der Waals surface area contributed by atoms with Gasteiger partial charge in [-0.3, -0.25) is 4.79 Å². The van der Waals surface area contributed by atoms with Gasteiger partial charge in [-0.15, -0.1) is 0 Å². The highest BCUT2D eigenvalue weighted by atomic mass is 16.1. The van der Waals surface area contributed by atoms with Crippen LogP contribution in [0.1, 0.15) is 38.4 Å². The Morgan fingerprint density at radius 3 is 1.04 bits per heavy atom. The molecule has 0 saturated heterocycles. The number of carbonyl (C=O) groups is 1. The fourth-order valence-electron chi connectivity index (χ4n) is 6.58. The van der Waals surface area contributed by atoms with Crippen molar-refractivity contribution in [1.82, 2.24) is 19.6 Å². The van der Waals surface area contributed by atoms with Crippen LogP contribution in [-0.4, -0.2) is 25.3 Å². The molecule has 5 heteroatoms. The van der Waals surface area contributed by atoms with Crippen molar-refractivity contribution >= 4 is 5.78 Å². The van der Waals surface area contributed by atoms with Crippen LogP contribution in [0.2, 0.25) is 0 Å². The van der Waals surface area contributed by atoms with Crippen LogP contribution in [0.4, 0.5) is 0 Å². The molecule has 6 aromatic carbocycles. The van der Waals surface area contributed by atoms with Crippen LogP contribution in [0.3, 0.4) is 0 Å². The van der Waals surface area contributed by atoms with Gasteiger partial charge < -0.3 is 0 Å². The van der Waals surface area contributed by atoms with Gasteiger partial charge in [0.25, 0.3) is 0 Å². The molecule has 0 amide bonds. The number of ketones is 1. The van der Waals surface area contributed by atoms with E-state index in [0.717, 1.165) is 56.1 Å². The minimum absolute atomic E-state index is 0.140. The first-order valence-electron chi connectivity index (χ1n) is 16.8. The molecule has 0 aliphatic carbocycles. The summed E-state index contributed by atoms with van der Waals surface area (Å²) in [4.78, 5) is 15.8. The van der Waals surface area contributed by atoms with E-state index >= 15 is 4.79 Å². The molecule has 0 fully saturated rings. The lowest BCUT2D eigenvalue weighted by molar-refractivity contribution is 0.102. The molecule has 8 aromatic rings. The predicted octanol–water partition coefficient (Wildman–Crippen LogP) is 9.80. The van der Waals surface area contributed by atoms with Gasteiger partial charge in [0, 0.05) is 35.1 Å².